The number of hydrogen-bond donors (Lipinski definition) is 1. The largest absolute Gasteiger partial charge is 0.393 e. The topological polar surface area (TPSA) is 40.5 Å². The highest BCUT2D eigenvalue weighted by atomic mass is 31.1. The van der Waals surface area contributed by atoms with E-state index in [-0.39, 0.29) is 6.10 Å². The van der Waals surface area contributed by atoms with Crippen molar-refractivity contribution >= 4 is 19.4 Å². The van der Waals surface area contributed by atoms with E-state index >= 15 is 0 Å². The highest BCUT2D eigenvalue weighted by Gasteiger charge is 2.34. The number of aliphatic hydroxyl groups excluding tert-OH is 1. The minimum Gasteiger partial charge on any atom is -0.393 e. The van der Waals surface area contributed by atoms with Crippen LogP contribution >= 0.6 is 8.20 Å². The number of piperidine rings is 1. The minimum absolute atomic E-state index is 0.160. The average molecular weight is 227 g/mol. The molecule has 0 amide bonds. The summed E-state index contributed by atoms with van der Waals surface area (Å²) in [7, 11) is 1.08. The fraction of sp³-hybridized carbons (Fsp3) is 0.818. The number of nitrogens with zero attached hydrogens (tertiary/aromatic N) is 1. The van der Waals surface area contributed by atoms with Crippen LogP contribution in [0.2, 0.25) is 0 Å². The molecule has 0 aromatic heterocycles. The Hall–Kier alpha value is -0.240. The minimum atomic E-state index is -0.160. The molecule has 2 aliphatic rings. The highest BCUT2D eigenvalue weighted by Crippen LogP contribution is 2.32. The maximum atomic E-state index is 12.0. The molecule has 1 saturated carbocycles. The Balaban J connectivity index is 1.97. The van der Waals surface area contributed by atoms with E-state index < -0.39 is 0 Å². The van der Waals surface area contributed by atoms with E-state index in [9.17, 15) is 9.90 Å². The predicted octanol–water partition coefficient (Wildman–Crippen LogP) is 1.13. The number of aliphatic hydroxyl groups is 1. The smallest absolute Gasteiger partial charge is 0.181 e. The van der Waals surface area contributed by atoms with Gasteiger partial charge >= 0.3 is 0 Å². The van der Waals surface area contributed by atoms with E-state index in [1.54, 1.807) is 0 Å². The van der Waals surface area contributed by atoms with Gasteiger partial charge < -0.3 is 5.11 Å². The number of carbonyl (C=O) groups is 1. The molecule has 2 fully saturated rings. The van der Waals surface area contributed by atoms with Crippen molar-refractivity contribution in [1.82, 2.24) is 4.90 Å². The van der Waals surface area contributed by atoms with Crippen LogP contribution in [-0.4, -0.2) is 47.1 Å². The van der Waals surface area contributed by atoms with E-state index in [2.05, 4.69) is 4.90 Å². The van der Waals surface area contributed by atoms with Gasteiger partial charge in [0, 0.05) is 19.0 Å². The second-order valence-corrected chi connectivity index (χ2v) is 5.27. The van der Waals surface area contributed by atoms with Crippen molar-refractivity contribution in [2.24, 2.45) is 5.92 Å². The van der Waals surface area contributed by atoms with Crippen LogP contribution in [0.15, 0.2) is 0 Å². The lowest BCUT2D eigenvalue weighted by Crippen LogP contribution is -2.43. The van der Waals surface area contributed by atoms with Crippen LogP contribution in [0.3, 0.4) is 0 Å². The third kappa shape index (κ3) is 2.66. The van der Waals surface area contributed by atoms with Crippen molar-refractivity contribution < 1.29 is 9.90 Å². The third-order valence-corrected chi connectivity index (χ3v) is 4.07. The summed E-state index contributed by atoms with van der Waals surface area (Å²) < 4.78 is 0. The molecule has 0 radical (unpaired) electrons. The van der Waals surface area contributed by atoms with Crippen LogP contribution < -0.4 is 0 Å². The molecule has 0 bridgehead atoms. The zero-order valence-electron chi connectivity index (χ0n) is 9.15. The van der Waals surface area contributed by atoms with E-state index in [0.717, 1.165) is 52.4 Å². The van der Waals surface area contributed by atoms with Gasteiger partial charge in [0.1, 0.15) is 0 Å². The molecule has 3 nitrogen and oxygen atoms in total. The summed E-state index contributed by atoms with van der Waals surface area (Å²) in [4.78, 5) is 14.1. The van der Waals surface area contributed by atoms with Gasteiger partial charge in [-0.2, -0.15) is 0 Å². The molecule has 15 heavy (non-hydrogen) atoms. The van der Waals surface area contributed by atoms with Crippen molar-refractivity contribution in [1.29, 1.82) is 0 Å². The van der Waals surface area contributed by atoms with Crippen LogP contribution in [0.25, 0.3) is 0 Å². The number of Topliss-reactive ketones (excluding diaryl/α,β-unsaturated/α-hetero) is 1. The fourth-order valence-corrected chi connectivity index (χ4v) is 2.90. The third-order valence-electron chi connectivity index (χ3n) is 3.14. The van der Waals surface area contributed by atoms with Crippen molar-refractivity contribution in [3.8, 4) is 0 Å². The predicted molar refractivity (Wildman–Crippen MR) is 62.4 cm³/mol. The second-order valence-electron chi connectivity index (χ2n) is 4.40. The molecule has 84 valence electrons. The molecular formula is C11H18NO2P. The van der Waals surface area contributed by atoms with Crippen molar-refractivity contribution in [3.63, 3.8) is 0 Å². The van der Waals surface area contributed by atoms with Crippen molar-refractivity contribution in [2.45, 2.75) is 31.8 Å². The van der Waals surface area contributed by atoms with E-state index in [1.807, 2.05) is 6.66 Å². The number of ketones is 1. The summed E-state index contributed by atoms with van der Waals surface area (Å²) in [6, 6.07) is 0. The van der Waals surface area contributed by atoms with Crippen LogP contribution in [0.1, 0.15) is 25.7 Å². The van der Waals surface area contributed by atoms with Gasteiger partial charge in [-0.05, 0) is 32.3 Å². The Morgan fingerprint density at radius 2 is 1.87 bits per heavy atom. The summed E-state index contributed by atoms with van der Waals surface area (Å²) in [6.07, 6.45) is 3.60. The van der Waals surface area contributed by atoms with Gasteiger partial charge in [0.25, 0.3) is 0 Å². The molecule has 1 heterocycles. The van der Waals surface area contributed by atoms with E-state index in [4.69, 9.17) is 0 Å². The molecule has 0 aromatic rings. The first kappa shape index (κ1) is 11.3. The molecule has 0 aromatic carbocycles. The van der Waals surface area contributed by atoms with Crippen LogP contribution in [-0.2, 0) is 4.79 Å². The summed E-state index contributed by atoms with van der Waals surface area (Å²) in [5.74, 6) is 0.676. The van der Waals surface area contributed by atoms with Crippen molar-refractivity contribution in [3.05, 3.63) is 0 Å². The Bertz CT molecular complexity index is 278. The maximum absolute atomic E-state index is 12.0. The summed E-state index contributed by atoms with van der Waals surface area (Å²) >= 11 is 0. The quantitative estimate of drug-likeness (QED) is 0.735. The average Bonchev–Trinajstić information content (AvgIpc) is 3.05. The Morgan fingerprint density at radius 1 is 1.27 bits per heavy atom. The van der Waals surface area contributed by atoms with Crippen LogP contribution in [0.4, 0.5) is 0 Å². The lowest BCUT2D eigenvalue weighted by Gasteiger charge is -2.30. The monoisotopic (exact) mass is 227 g/mol. The van der Waals surface area contributed by atoms with Gasteiger partial charge in [-0.3, -0.25) is 9.69 Å². The number of hydrogen-bond acceptors (Lipinski definition) is 2. The number of rotatable bonds is 3. The van der Waals surface area contributed by atoms with Gasteiger partial charge in [-0.1, -0.05) is 8.20 Å². The first-order valence-electron chi connectivity index (χ1n) is 5.66. The molecule has 4 heteroatoms. The lowest BCUT2D eigenvalue weighted by atomic mass is 10.1. The number of carbonyl (C=O) groups excluding carboxylic acids is 1. The Labute approximate surface area is 92.3 Å². The lowest BCUT2D eigenvalue weighted by molar-refractivity contribution is -0.114. The fourth-order valence-electron chi connectivity index (χ4n) is 2.01. The molecule has 0 spiro atoms. The first-order valence-corrected chi connectivity index (χ1v) is 7.00. The molecule has 2 rings (SSSR count). The molecule has 0 unspecified atom stereocenters. The normalized spacial score (nSPS) is 25.6. The Kier molecular flexibility index (Phi) is 3.55. The molecule has 1 saturated heterocycles. The van der Waals surface area contributed by atoms with Crippen molar-refractivity contribution in [2.75, 3.05) is 19.8 Å². The Morgan fingerprint density at radius 3 is 2.33 bits per heavy atom. The molecule has 1 aliphatic carbocycles. The number of likely N-dealkylation sites (tertiary alicyclic amines) is 1. The van der Waals surface area contributed by atoms with Crippen LogP contribution in [0.5, 0.6) is 0 Å². The molecular weight excluding hydrogens is 209 g/mol. The SMILES string of the molecule is CP=C(C(=O)C1CC1)N1CCC(O)CC1. The van der Waals surface area contributed by atoms with Gasteiger partial charge in [-0.15, -0.1) is 0 Å². The zero-order chi connectivity index (χ0) is 10.8. The molecule has 0 atom stereocenters. The van der Waals surface area contributed by atoms with E-state index in [0.29, 0.717) is 11.7 Å². The zero-order valence-corrected chi connectivity index (χ0v) is 10.0. The summed E-state index contributed by atoms with van der Waals surface area (Å²) in [5, 5.41) is 9.42. The van der Waals surface area contributed by atoms with Gasteiger partial charge in [-0.25, -0.2) is 0 Å². The van der Waals surface area contributed by atoms with Gasteiger partial charge in [0.2, 0.25) is 0 Å². The highest BCUT2D eigenvalue weighted by molar-refractivity contribution is 7.42. The summed E-state index contributed by atoms with van der Waals surface area (Å²) in [6.45, 7) is 3.71. The van der Waals surface area contributed by atoms with Gasteiger partial charge in [0.05, 0.1) is 11.5 Å². The molecule has 1 aliphatic heterocycles. The molecule has 1 N–H and O–H groups in total. The first-order chi connectivity index (χ1) is 7.22. The maximum Gasteiger partial charge on any atom is 0.181 e. The summed E-state index contributed by atoms with van der Waals surface area (Å²) in [5.41, 5.74) is 0.976. The standard InChI is InChI=1S/C11H18NO2P/c1-15-11(10(14)8-2-3-8)12-6-4-9(13)5-7-12/h8-9,13H,2-7H2,1H3. The van der Waals surface area contributed by atoms with Gasteiger partial charge in [0.15, 0.2) is 5.78 Å². The van der Waals surface area contributed by atoms with Crippen LogP contribution in [0, 0.1) is 5.92 Å². The van der Waals surface area contributed by atoms with E-state index in [1.165, 1.54) is 0 Å². The second kappa shape index (κ2) is 4.73.